The Kier molecular flexibility index (Phi) is 5.27. The second-order valence-corrected chi connectivity index (χ2v) is 7.04. The Bertz CT molecular complexity index is 1230. The van der Waals surface area contributed by atoms with Crippen LogP contribution in [0.2, 0.25) is 0 Å². The highest BCUT2D eigenvalue weighted by molar-refractivity contribution is 5.81. The normalized spacial score (nSPS) is 13.9. The molecule has 0 amide bonds. The van der Waals surface area contributed by atoms with Crippen LogP contribution >= 0.6 is 0 Å². The standard InChI is InChI=1S/C24H19F3N2O2/c1-4-7-8-15(6-3)20-19(24(25,26)27)23(31-28-20)22-18-12-10-16-13-14(5-2)9-11-17(16)21(18)29-30-22/h4-9,11,13H,2-3,10,12H2,1H3/b7-4-,15-8+. The zero-order chi connectivity index (χ0) is 22.2. The van der Waals surface area contributed by atoms with Crippen molar-refractivity contribution in [1.29, 1.82) is 0 Å². The molecule has 3 aromatic rings. The third kappa shape index (κ3) is 3.56. The van der Waals surface area contributed by atoms with Gasteiger partial charge in [-0.3, -0.25) is 0 Å². The van der Waals surface area contributed by atoms with E-state index in [1.54, 1.807) is 25.2 Å². The molecule has 2 aromatic heterocycles. The van der Waals surface area contributed by atoms with Gasteiger partial charge in [-0.05, 0) is 30.9 Å². The molecule has 0 N–H and O–H groups in total. The molecule has 158 valence electrons. The second-order valence-electron chi connectivity index (χ2n) is 7.04. The monoisotopic (exact) mass is 424 g/mol. The summed E-state index contributed by atoms with van der Waals surface area (Å²) >= 11 is 0. The molecule has 0 aliphatic heterocycles. The van der Waals surface area contributed by atoms with Gasteiger partial charge in [0.25, 0.3) is 0 Å². The number of rotatable bonds is 5. The van der Waals surface area contributed by atoms with E-state index in [-0.39, 0.29) is 17.0 Å². The molecule has 1 aromatic carbocycles. The first kappa shape index (κ1) is 20.7. The first-order valence-electron chi connectivity index (χ1n) is 9.66. The average Bonchev–Trinajstić information content (AvgIpc) is 3.38. The molecule has 0 spiro atoms. The lowest BCUT2D eigenvalue weighted by atomic mass is 9.87. The Balaban J connectivity index is 1.88. The number of aromatic nitrogens is 2. The van der Waals surface area contributed by atoms with E-state index in [0.29, 0.717) is 24.1 Å². The number of aryl methyl sites for hydroxylation is 1. The van der Waals surface area contributed by atoms with Crippen LogP contribution in [-0.4, -0.2) is 10.3 Å². The third-order valence-electron chi connectivity index (χ3n) is 5.20. The quantitative estimate of drug-likeness (QED) is 0.418. The summed E-state index contributed by atoms with van der Waals surface area (Å²) in [4.78, 5) is 0. The van der Waals surface area contributed by atoms with E-state index < -0.39 is 17.5 Å². The van der Waals surface area contributed by atoms with Gasteiger partial charge in [-0.2, -0.15) is 13.2 Å². The molecule has 0 atom stereocenters. The molecule has 1 aliphatic rings. The van der Waals surface area contributed by atoms with Crippen LogP contribution in [0, 0.1) is 0 Å². The second kappa shape index (κ2) is 7.91. The highest BCUT2D eigenvalue weighted by Crippen LogP contribution is 2.45. The molecule has 0 radical (unpaired) electrons. The van der Waals surface area contributed by atoms with E-state index in [1.165, 1.54) is 12.2 Å². The van der Waals surface area contributed by atoms with Gasteiger partial charge in [0.15, 0.2) is 0 Å². The third-order valence-corrected chi connectivity index (χ3v) is 5.20. The minimum Gasteiger partial charge on any atom is -0.352 e. The molecule has 31 heavy (non-hydrogen) atoms. The van der Waals surface area contributed by atoms with Gasteiger partial charge in [0, 0.05) is 16.7 Å². The predicted molar refractivity (Wildman–Crippen MR) is 113 cm³/mol. The fraction of sp³-hybridized carbons (Fsp3) is 0.167. The zero-order valence-electron chi connectivity index (χ0n) is 16.8. The number of benzene rings is 1. The summed E-state index contributed by atoms with van der Waals surface area (Å²) in [5.74, 6) is -0.524. The van der Waals surface area contributed by atoms with Crippen LogP contribution in [0.15, 0.2) is 64.7 Å². The Morgan fingerprint density at radius 1 is 1.10 bits per heavy atom. The van der Waals surface area contributed by atoms with Crippen molar-refractivity contribution in [3.63, 3.8) is 0 Å². The lowest BCUT2D eigenvalue weighted by Gasteiger charge is -2.15. The van der Waals surface area contributed by atoms with Crippen LogP contribution < -0.4 is 0 Å². The fourth-order valence-corrected chi connectivity index (χ4v) is 3.72. The summed E-state index contributed by atoms with van der Waals surface area (Å²) in [6.07, 6.45) is 4.24. The number of fused-ring (bicyclic) bond motifs is 3. The van der Waals surface area contributed by atoms with Crippen LogP contribution in [-0.2, 0) is 19.0 Å². The molecule has 0 fully saturated rings. The van der Waals surface area contributed by atoms with E-state index >= 15 is 0 Å². The summed E-state index contributed by atoms with van der Waals surface area (Å²) in [5, 5.41) is 7.79. The molecule has 4 rings (SSSR count). The molecule has 4 nitrogen and oxygen atoms in total. The van der Waals surface area contributed by atoms with E-state index in [0.717, 1.165) is 16.7 Å². The Morgan fingerprint density at radius 3 is 2.55 bits per heavy atom. The maximum Gasteiger partial charge on any atom is 0.422 e. The Labute approximate surface area is 177 Å². The number of halogens is 3. The molecule has 0 unspecified atom stereocenters. The SMILES string of the molecule is C=C/C(=C\C=C/C)c1noc(-c2onc3c2CCc2cc(C=C)ccc2-3)c1C(F)(F)F. The minimum atomic E-state index is -4.71. The van der Waals surface area contributed by atoms with Crippen LogP contribution in [0.3, 0.4) is 0 Å². The van der Waals surface area contributed by atoms with Gasteiger partial charge in [0.1, 0.15) is 17.0 Å². The fourth-order valence-electron chi connectivity index (χ4n) is 3.72. The summed E-state index contributed by atoms with van der Waals surface area (Å²) in [6.45, 7) is 9.12. The molecule has 2 heterocycles. The van der Waals surface area contributed by atoms with Gasteiger partial charge in [-0.1, -0.05) is 72.1 Å². The van der Waals surface area contributed by atoms with Crippen molar-refractivity contribution in [2.24, 2.45) is 0 Å². The zero-order valence-corrected chi connectivity index (χ0v) is 16.8. The van der Waals surface area contributed by atoms with Crippen LogP contribution in [0.5, 0.6) is 0 Å². The molecule has 7 heteroatoms. The van der Waals surface area contributed by atoms with Crippen molar-refractivity contribution < 1.29 is 22.2 Å². The first-order chi connectivity index (χ1) is 14.9. The number of alkyl halides is 3. The number of nitrogens with zero attached hydrogens (tertiary/aromatic N) is 2. The van der Waals surface area contributed by atoms with Crippen molar-refractivity contribution in [3.05, 3.63) is 83.6 Å². The first-order valence-corrected chi connectivity index (χ1v) is 9.66. The number of allylic oxidation sites excluding steroid dienone is 5. The maximum atomic E-state index is 14.1. The molecule has 1 aliphatic carbocycles. The van der Waals surface area contributed by atoms with E-state index in [2.05, 4.69) is 23.5 Å². The molecule has 0 bridgehead atoms. The van der Waals surface area contributed by atoms with Crippen LogP contribution in [0.25, 0.3) is 34.4 Å². The van der Waals surface area contributed by atoms with Gasteiger partial charge >= 0.3 is 6.18 Å². The van der Waals surface area contributed by atoms with Gasteiger partial charge in [-0.15, -0.1) is 0 Å². The summed E-state index contributed by atoms with van der Waals surface area (Å²) in [6, 6.07) is 5.75. The highest BCUT2D eigenvalue weighted by Gasteiger charge is 2.43. The largest absolute Gasteiger partial charge is 0.422 e. The highest BCUT2D eigenvalue weighted by atomic mass is 19.4. The van der Waals surface area contributed by atoms with Crippen molar-refractivity contribution in [2.75, 3.05) is 0 Å². The lowest BCUT2D eigenvalue weighted by Crippen LogP contribution is -2.09. The summed E-state index contributed by atoms with van der Waals surface area (Å²) in [5.41, 5.74) is 2.78. The van der Waals surface area contributed by atoms with Gasteiger partial charge in [0.2, 0.25) is 11.5 Å². The molecule has 0 saturated heterocycles. The minimum absolute atomic E-state index is 0.0473. The van der Waals surface area contributed by atoms with Crippen LogP contribution in [0.4, 0.5) is 13.2 Å². The molecule has 0 saturated carbocycles. The average molecular weight is 424 g/mol. The van der Waals surface area contributed by atoms with Gasteiger partial charge in [-0.25, -0.2) is 0 Å². The summed E-state index contributed by atoms with van der Waals surface area (Å²) in [7, 11) is 0. The molecular formula is C24H19F3N2O2. The van der Waals surface area contributed by atoms with Crippen molar-refractivity contribution in [2.45, 2.75) is 25.9 Å². The van der Waals surface area contributed by atoms with Gasteiger partial charge < -0.3 is 9.05 Å². The number of hydrogen-bond acceptors (Lipinski definition) is 4. The van der Waals surface area contributed by atoms with E-state index in [1.807, 2.05) is 18.2 Å². The molecular weight excluding hydrogens is 405 g/mol. The Morgan fingerprint density at radius 2 is 1.87 bits per heavy atom. The predicted octanol–water partition coefficient (Wildman–Crippen LogP) is 6.90. The van der Waals surface area contributed by atoms with E-state index in [4.69, 9.17) is 9.05 Å². The number of hydrogen-bond donors (Lipinski definition) is 0. The Hall–Kier alpha value is -3.61. The lowest BCUT2D eigenvalue weighted by molar-refractivity contribution is -0.137. The van der Waals surface area contributed by atoms with E-state index in [9.17, 15) is 13.2 Å². The van der Waals surface area contributed by atoms with Crippen molar-refractivity contribution in [1.82, 2.24) is 10.3 Å². The maximum absolute atomic E-state index is 14.1. The summed E-state index contributed by atoms with van der Waals surface area (Å²) < 4.78 is 52.8. The van der Waals surface area contributed by atoms with Crippen molar-refractivity contribution in [3.8, 4) is 22.8 Å². The smallest absolute Gasteiger partial charge is 0.352 e. The van der Waals surface area contributed by atoms with Gasteiger partial charge in [0.05, 0.1) is 0 Å². The van der Waals surface area contributed by atoms with Crippen LogP contribution in [0.1, 0.15) is 34.9 Å². The topological polar surface area (TPSA) is 52.1 Å². The van der Waals surface area contributed by atoms with Crippen molar-refractivity contribution >= 4 is 11.6 Å².